The summed E-state index contributed by atoms with van der Waals surface area (Å²) in [4.78, 5) is 24.7. The van der Waals surface area contributed by atoms with Gasteiger partial charge < -0.3 is 10.1 Å². The van der Waals surface area contributed by atoms with E-state index >= 15 is 0 Å². The molecule has 0 aromatic rings. The zero-order valence-corrected chi connectivity index (χ0v) is 12.4. The fourth-order valence-corrected chi connectivity index (χ4v) is 1.95. The van der Waals surface area contributed by atoms with Crippen molar-refractivity contribution < 1.29 is 27.5 Å². The van der Waals surface area contributed by atoms with Crippen LogP contribution in [0.4, 0.5) is 18.0 Å². The topological polar surface area (TPSA) is 58.6 Å². The number of rotatable bonds is 3. The van der Waals surface area contributed by atoms with Crippen molar-refractivity contribution in [1.29, 1.82) is 0 Å². The molecule has 1 heterocycles. The van der Waals surface area contributed by atoms with Crippen LogP contribution in [0.5, 0.6) is 0 Å². The molecule has 0 aromatic carbocycles. The first-order chi connectivity index (χ1) is 9.49. The quantitative estimate of drug-likeness (QED) is 0.870. The highest BCUT2D eigenvalue weighted by Crippen LogP contribution is 2.21. The van der Waals surface area contributed by atoms with Gasteiger partial charge in [-0.3, -0.25) is 9.69 Å². The number of nitrogens with zero attached hydrogens (tertiary/aromatic N) is 1. The van der Waals surface area contributed by atoms with E-state index in [0.29, 0.717) is 19.4 Å². The van der Waals surface area contributed by atoms with E-state index in [9.17, 15) is 22.8 Å². The van der Waals surface area contributed by atoms with Gasteiger partial charge in [0.25, 0.3) is 0 Å². The third-order valence-corrected chi connectivity index (χ3v) is 2.94. The van der Waals surface area contributed by atoms with Crippen molar-refractivity contribution in [3.05, 3.63) is 0 Å². The van der Waals surface area contributed by atoms with Crippen LogP contribution in [-0.4, -0.2) is 48.8 Å². The average molecular weight is 310 g/mol. The zero-order chi connectivity index (χ0) is 16.3. The number of likely N-dealkylation sites (tertiary alicyclic amines) is 1. The molecule has 1 fully saturated rings. The summed E-state index contributed by atoms with van der Waals surface area (Å²) in [7, 11) is 0. The summed E-state index contributed by atoms with van der Waals surface area (Å²) < 4.78 is 40.3. The maximum absolute atomic E-state index is 12.0. The first-order valence-electron chi connectivity index (χ1n) is 6.77. The van der Waals surface area contributed by atoms with Gasteiger partial charge in [-0.15, -0.1) is 0 Å². The van der Waals surface area contributed by atoms with Crippen molar-refractivity contribution in [2.75, 3.05) is 19.7 Å². The largest absolute Gasteiger partial charge is 0.440 e. The Hall–Kier alpha value is -1.47. The van der Waals surface area contributed by atoms with E-state index in [-0.39, 0.29) is 17.9 Å². The Kier molecular flexibility index (Phi) is 5.47. The minimum Gasteiger partial charge on any atom is -0.440 e. The van der Waals surface area contributed by atoms with Crippen molar-refractivity contribution >= 4 is 12.0 Å². The van der Waals surface area contributed by atoms with Gasteiger partial charge in [0, 0.05) is 13.1 Å². The van der Waals surface area contributed by atoms with Crippen molar-refractivity contribution in [2.24, 2.45) is 5.41 Å². The third-order valence-electron chi connectivity index (χ3n) is 2.94. The first kappa shape index (κ1) is 17.6. The number of carbonyl (C=O) groups is 2. The summed E-state index contributed by atoms with van der Waals surface area (Å²) in [6.07, 6.45) is -4.67. The molecule has 1 N–H and O–H groups in total. The van der Waals surface area contributed by atoms with Gasteiger partial charge in [0.1, 0.15) is 6.04 Å². The second-order valence-corrected chi connectivity index (χ2v) is 6.30. The van der Waals surface area contributed by atoms with E-state index in [1.54, 1.807) is 0 Å². The van der Waals surface area contributed by atoms with E-state index in [0.717, 1.165) is 4.90 Å². The smallest absolute Gasteiger partial charge is 0.422 e. The summed E-state index contributed by atoms with van der Waals surface area (Å²) in [5.74, 6) is -0.355. The molecule has 0 spiro atoms. The van der Waals surface area contributed by atoms with Crippen LogP contribution in [0.1, 0.15) is 33.6 Å². The van der Waals surface area contributed by atoms with E-state index in [4.69, 9.17) is 0 Å². The molecule has 0 bridgehead atoms. The molecule has 21 heavy (non-hydrogen) atoms. The second-order valence-electron chi connectivity index (χ2n) is 6.30. The molecule has 5 nitrogen and oxygen atoms in total. The van der Waals surface area contributed by atoms with Crippen molar-refractivity contribution in [1.82, 2.24) is 10.2 Å². The molecule has 122 valence electrons. The lowest BCUT2D eigenvalue weighted by Crippen LogP contribution is -2.48. The lowest BCUT2D eigenvalue weighted by atomic mass is 9.97. The highest BCUT2D eigenvalue weighted by atomic mass is 19.4. The Morgan fingerprint density at radius 3 is 2.43 bits per heavy atom. The second kappa shape index (κ2) is 6.53. The molecule has 0 saturated carbocycles. The lowest BCUT2D eigenvalue weighted by Gasteiger charge is -2.25. The number of halogens is 3. The molecule has 0 radical (unpaired) electrons. The Morgan fingerprint density at radius 1 is 1.29 bits per heavy atom. The SMILES string of the molecule is CC(C)(C)CNC(=O)C1CCCN1C(=O)OCC(F)(F)F. The molecule has 1 aliphatic heterocycles. The van der Waals surface area contributed by atoms with E-state index in [1.807, 2.05) is 20.8 Å². The highest BCUT2D eigenvalue weighted by molar-refractivity contribution is 5.86. The number of carbonyl (C=O) groups excluding carboxylic acids is 2. The molecule has 1 atom stereocenters. The first-order valence-corrected chi connectivity index (χ1v) is 6.77. The van der Waals surface area contributed by atoms with Crippen LogP contribution in [0.15, 0.2) is 0 Å². The van der Waals surface area contributed by atoms with E-state index < -0.39 is 24.9 Å². The Bertz CT molecular complexity index is 355. The lowest BCUT2D eigenvalue weighted by molar-refractivity contribution is -0.162. The monoisotopic (exact) mass is 310 g/mol. The molecule has 8 heteroatoms. The van der Waals surface area contributed by atoms with Crippen LogP contribution < -0.4 is 5.32 Å². The standard InChI is InChI=1S/C13H21F3N2O3/c1-12(2,3)7-17-10(19)9-5-4-6-18(9)11(20)21-8-13(14,15)16/h9H,4-8H2,1-3H3,(H,17,19). The fraction of sp³-hybridized carbons (Fsp3) is 0.846. The number of hydrogen-bond donors (Lipinski definition) is 1. The van der Waals surface area contributed by atoms with Crippen LogP contribution in [0.3, 0.4) is 0 Å². The zero-order valence-electron chi connectivity index (χ0n) is 12.4. The molecular formula is C13H21F3N2O3. The minimum absolute atomic E-state index is 0.115. The number of nitrogens with one attached hydrogen (secondary N) is 1. The van der Waals surface area contributed by atoms with Gasteiger partial charge in [-0.25, -0.2) is 4.79 Å². The Morgan fingerprint density at radius 2 is 1.90 bits per heavy atom. The molecule has 0 aliphatic carbocycles. The minimum atomic E-state index is -4.57. The third kappa shape index (κ3) is 6.22. The number of alkyl halides is 3. The van der Waals surface area contributed by atoms with Crippen molar-refractivity contribution in [3.8, 4) is 0 Å². The van der Waals surface area contributed by atoms with Gasteiger partial charge in [-0.05, 0) is 18.3 Å². The fourth-order valence-electron chi connectivity index (χ4n) is 1.95. The van der Waals surface area contributed by atoms with Gasteiger partial charge in [0.05, 0.1) is 0 Å². The van der Waals surface area contributed by atoms with Gasteiger partial charge in [-0.2, -0.15) is 13.2 Å². The molecule has 1 aliphatic rings. The predicted molar refractivity (Wildman–Crippen MR) is 69.6 cm³/mol. The van der Waals surface area contributed by atoms with Crippen LogP contribution in [0, 0.1) is 5.41 Å². The average Bonchev–Trinajstić information content (AvgIpc) is 2.80. The van der Waals surface area contributed by atoms with Gasteiger partial charge in [0.15, 0.2) is 6.61 Å². The van der Waals surface area contributed by atoms with Gasteiger partial charge in [0.2, 0.25) is 5.91 Å². The Labute approximate surface area is 121 Å². The number of amides is 2. The summed E-state index contributed by atoms with van der Waals surface area (Å²) in [5, 5.41) is 2.71. The van der Waals surface area contributed by atoms with Crippen molar-refractivity contribution in [3.63, 3.8) is 0 Å². The summed E-state index contributed by atoms with van der Waals surface area (Å²) in [6, 6.07) is -0.756. The van der Waals surface area contributed by atoms with Gasteiger partial charge in [-0.1, -0.05) is 20.8 Å². The van der Waals surface area contributed by atoms with Crippen molar-refractivity contribution in [2.45, 2.75) is 45.8 Å². The Balaban J connectivity index is 2.54. The molecule has 2 amide bonds. The molecule has 1 rings (SSSR count). The van der Waals surface area contributed by atoms with Crippen LogP contribution in [-0.2, 0) is 9.53 Å². The summed E-state index contributed by atoms with van der Waals surface area (Å²) in [5.41, 5.74) is -0.115. The highest BCUT2D eigenvalue weighted by Gasteiger charge is 2.37. The van der Waals surface area contributed by atoms with E-state index in [2.05, 4.69) is 10.1 Å². The molecule has 1 saturated heterocycles. The van der Waals surface area contributed by atoms with Crippen LogP contribution >= 0.6 is 0 Å². The van der Waals surface area contributed by atoms with E-state index in [1.165, 1.54) is 0 Å². The predicted octanol–water partition coefficient (Wildman–Crippen LogP) is 2.31. The number of hydrogen-bond acceptors (Lipinski definition) is 3. The summed E-state index contributed by atoms with van der Waals surface area (Å²) in [6.45, 7) is 4.84. The maximum atomic E-state index is 12.0. The maximum Gasteiger partial charge on any atom is 0.422 e. The van der Waals surface area contributed by atoms with Gasteiger partial charge >= 0.3 is 12.3 Å². The molecule has 1 unspecified atom stereocenters. The number of ether oxygens (including phenoxy) is 1. The van der Waals surface area contributed by atoms with Crippen LogP contribution in [0.25, 0.3) is 0 Å². The molecular weight excluding hydrogens is 289 g/mol. The summed E-state index contributed by atoms with van der Waals surface area (Å²) >= 11 is 0. The molecule has 0 aromatic heterocycles. The normalized spacial score (nSPS) is 19.5. The van der Waals surface area contributed by atoms with Crippen LogP contribution in [0.2, 0.25) is 0 Å².